The molecule has 1 aliphatic carbocycles. The Bertz CT molecular complexity index is 934. The van der Waals surface area contributed by atoms with Gasteiger partial charge in [0.25, 0.3) is 5.91 Å². The summed E-state index contributed by atoms with van der Waals surface area (Å²) in [6, 6.07) is 9.53. The number of carbonyl (C=O) groups excluding carboxylic acids is 2. The molecule has 0 aromatic carbocycles. The van der Waals surface area contributed by atoms with Gasteiger partial charge in [0.15, 0.2) is 0 Å². The molecule has 4 rings (SSSR count). The van der Waals surface area contributed by atoms with Crippen molar-refractivity contribution < 1.29 is 9.59 Å². The highest BCUT2D eigenvalue weighted by atomic mass is 32.1. The summed E-state index contributed by atoms with van der Waals surface area (Å²) in [5.41, 5.74) is 1.64. The number of carbonyl (C=O) groups is 2. The normalized spacial score (nSPS) is 13.3. The number of hydrogen-bond acceptors (Lipinski definition) is 6. The lowest BCUT2D eigenvalue weighted by atomic mass is 10.2. The third-order valence-electron chi connectivity index (χ3n) is 4.24. The molecule has 138 valence electrons. The lowest BCUT2D eigenvalue weighted by molar-refractivity contribution is -0.117. The minimum absolute atomic E-state index is 0.0382. The van der Waals surface area contributed by atoms with Crippen molar-refractivity contribution in [2.75, 3.05) is 11.9 Å². The molecular formula is C19H18N4O2S2. The second kappa shape index (κ2) is 7.98. The monoisotopic (exact) mass is 398 g/mol. The zero-order chi connectivity index (χ0) is 18.6. The molecule has 27 heavy (non-hydrogen) atoms. The molecule has 0 spiro atoms. The molecule has 3 heterocycles. The van der Waals surface area contributed by atoms with E-state index in [0.717, 1.165) is 30.8 Å². The van der Waals surface area contributed by atoms with E-state index in [2.05, 4.69) is 20.0 Å². The third-order valence-corrected chi connectivity index (χ3v) is 6.02. The fraction of sp³-hybridized carbons (Fsp3) is 0.263. The first-order valence-corrected chi connectivity index (χ1v) is 10.4. The highest BCUT2D eigenvalue weighted by molar-refractivity contribution is 7.10. The van der Waals surface area contributed by atoms with E-state index in [9.17, 15) is 9.59 Å². The smallest absolute Gasteiger partial charge is 0.265 e. The van der Waals surface area contributed by atoms with Crippen molar-refractivity contribution in [3.8, 4) is 11.4 Å². The first-order chi connectivity index (χ1) is 13.2. The van der Waals surface area contributed by atoms with Gasteiger partial charge in [0.2, 0.25) is 5.91 Å². The molecule has 0 atom stereocenters. The summed E-state index contributed by atoms with van der Waals surface area (Å²) < 4.78 is 4.40. The molecule has 3 aromatic heterocycles. The molecule has 0 bridgehead atoms. The quantitative estimate of drug-likeness (QED) is 0.637. The number of nitrogens with zero attached hydrogens (tertiary/aromatic N) is 2. The molecule has 2 N–H and O–H groups in total. The zero-order valence-corrected chi connectivity index (χ0v) is 16.1. The van der Waals surface area contributed by atoms with Gasteiger partial charge in [0.1, 0.15) is 10.6 Å². The van der Waals surface area contributed by atoms with E-state index in [1.54, 1.807) is 17.5 Å². The Labute approximate surface area is 164 Å². The van der Waals surface area contributed by atoms with E-state index in [1.807, 2.05) is 35.7 Å². The molecule has 6 nitrogen and oxygen atoms in total. The van der Waals surface area contributed by atoms with Gasteiger partial charge in [-0.25, -0.2) is 0 Å². The molecule has 0 unspecified atom stereocenters. The van der Waals surface area contributed by atoms with Crippen molar-refractivity contribution in [2.45, 2.75) is 19.3 Å². The van der Waals surface area contributed by atoms with E-state index in [4.69, 9.17) is 0 Å². The molecule has 0 aliphatic heterocycles. The topological polar surface area (TPSA) is 84.0 Å². The number of anilines is 1. The molecule has 2 amide bonds. The summed E-state index contributed by atoms with van der Waals surface area (Å²) in [5.74, 6) is -0.242. The molecular weight excluding hydrogens is 380 g/mol. The molecule has 0 radical (unpaired) electrons. The summed E-state index contributed by atoms with van der Waals surface area (Å²) in [4.78, 5) is 31.0. The van der Waals surface area contributed by atoms with Crippen molar-refractivity contribution in [3.63, 3.8) is 0 Å². The Morgan fingerprint density at radius 2 is 2.07 bits per heavy atom. The molecule has 3 aromatic rings. The van der Waals surface area contributed by atoms with E-state index >= 15 is 0 Å². The van der Waals surface area contributed by atoms with E-state index in [0.29, 0.717) is 28.5 Å². The second-order valence-electron chi connectivity index (χ2n) is 6.30. The van der Waals surface area contributed by atoms with Gasteiger partial charge in [-0.2, -0.15) is 4.37 Å². The number of thiophene rings is 1. The molecule has 1 fully saturated rings. The maximum atomic E-state index is 12.7. The average Bonchev–Trinajstić information content (AvgIpc) is 3.26. The van der Waals surface area contributed by atoms with Gasteiger partial charge >= 0.3 is 0 Å². The Balaban J connectivity index is 1.54. The lowest BCUT2D eigenvalue weighted by Gasteiger charge is -2.08. The fourth-order valence-corrected chi connectivity index (χ4v) is 4.11. The van der Waals surface area contributed by atoms with Gasteiger partial charge in [-0.15, -0.1) is 11.3 Å². The van der Waals surface area contributed by atoms with Crippen LogP contribution in [0.2, 0.25) is 0 Å². The molecule has 1 aliphatic rings. The van der Waals surface area contributed by atoms with Gasteiger partial charge in [-0.1, -0.05) is 12.1 Å². The number of pyridine rings is 1. The van der Waals surface area contributed by atoms with Gasteiger partial charge in [-0.05, 0) is 54.4 Å². The van der Waals surface area contributed by atoms with Gasteiger partial charge in [-0.3, -0.25) is 14.6 Å². The van der Waals surface area contributed by atoms with Crippen molar-refractivity contribution in [3.05, 3.63) is 51.7 Å². The third kappa shape index (κ3) is 4.23. The second-order valence-corrected chi connectivity index (χ2v) is 8.10. The van der Waals surface area contributed by atoms with Gasteiger partial charge in [0.05, 0.1) is 11.4 Å². The van der Waals surface area contributed by atoms with Crippen molar-refractivity contribution in [2.24, 2.45) is 5.92 Å². The highest BCUT2D eigenvalue weighted by Gasteiger charge is 2.32. The van der Waals surface area contributed by atoms with Crippen molar-refractivity contribution in [1.82, 2.24) is 14.7 Å². The standard InChI is InChI=1S/C19H18N4O2S2/c24-18(12-6-7-12)22-16-15(14-5-1-2-9-20-14)23-27-17(16)19(25)21-10-8-13-4-3-11-26-13/h1-5,9,11-12H,6-8,10H2,(H,21,25)(H,22,24). The van der Waals surface area contributed by atoms with Crippen LogP contribution in [0.15, 0.2) is 41.9 Å². The fourth-order valence-electron chi connectivity index (χ4n) is 2.64. The first-order valence-electron chi connectivity index (χ1n) is 8.75. The first kappa shape index (κ1) is 17.8. The maximum absolute atomic E-state index is 12.7. The Morgan fingerprint density at radius 1 is 1.19 bits per heavy atom. The minimum Gasteiger partial charge on any atom is -0.351 e. The van der Waals surface area contributed by atoms with E-state index in [-0.39, 0.29) is 17.7 Å². The predicted octanol–water partition coefficient (Wildman–Crippen LogP) is 3.59. The van der Waals surface area contributed by atoms with Crippen molar-refractivity contribution >= 4 is 40.4 Å². The van der Waals surface area contributed by atoms with Gasteiger partial charge in [0, 0.05) is 23.5 Å². The van der Waals surface area contributed by atoms with Crippen LogP contribution in [-0.4, -0.2) is 27.7 Å². The average molecular weight is 399 g/mol. The van der Waals surface area contributed by atoms with Crippen LogP contribution in [0, 0.1) is 5.92 Å². The SMILES string of the molecule is O=C(NCCc1cccs1)c1snc(-c2ccccn2)c1NC(=O)C1CC1. The minimum atomic E-state index is -0.225. The molecule has 8 heteroatoms. The van der Waals surface area contributed by atoms with Crippen LogP contribution < -0.4 is 10.6 Å². The summed E-state index contributed by atoms with van der Waals surface area (Å²) in [6.07, 6.45) is 4.23. The van der Waals surface area contributed by atoms with Crippen LogP contribution in [0.5, 0.6) is 0 Å². The lowest BCUT2D eigenvalue weighted by Crippen LogP contribution is -2.26. The largest absolute Gasteiger partial charge is 0.351 e. The summed E-state index contributed by atoms with van der Waals surface area (Å²) in [6.45, 7) is 0.534. The predicted molar refractivity (Wildman–Crippen MR) is 107 cm³/mol. The number of nitrogens with one attached hydrogen (secondary N) is 2. The van der Waals surface area contributed by atoms with Crippen LogP contribution >= 0.6 is 22.9 Å². The number of rotatable bonds is 7. The van der Waals surface area contributed by atoms with E-state index in [1.165, 1.54) is 4.88 Å². The van der Waals surface area contributed by atoms with Crippen LogP contribution in [0.1, 0.15) is 27.4 Å². The summed E-state index contributed by atoms with van der Waals surface area (Å²) >= 11 is 2.75. The molecule has 1 saturated carbocycles. The van der Waals surface area contributed by atoms with Crippen molar-refractivity contribution in [1.29, 1.82) is 0 Å². The number of amides is 2. The number of hydrogen-bond donors (Lipinski definition) is 2. The number of aromatic nitrogens is 2. The summed E-state index contributed by atoms with van der Waals surface area (Å²) in [5, 5.41) is 7.86. The van der Waals surface area contributed by atoms with Gasteiger partial charge < -0.3 is 10.6 Å². The zero-order valence-electron chi connectivity index (χ0n) is 14.5. The van der Waals surface area contributed by atoms with Crippen LogP contribution in [0.25, 0.3) is 11.4 Å². The maximum Gasteiger partial charge on any atom is 0.265 e. The Morgan fingerprint density at radius 3 is 2.78 bits per heavy atom. The Kier molecular flexibility index (Phi) is 5.26. The Hall–Kier alpha value is -2.58. The van der Waals surface area contributed by atoms with E-state index < -0.39 is 0 Å². The summed E-state index contributed by atoms with van der Waals surface area (Å²) in [7, 11) is 0. The molecule has 0 saturated heterocycles. The van der Waals surface area contributed by atoms with Crippen LogP contribution in [0.3, 0.4) is 0 Å². The highest BCUT2D eigenvalue weighted by Crippen LogP contribution is 2.35. The van der Waals surface area contributed by atoms with Crippen LogP contribution in [0.4, 0.5) is 5.69 Å². The van der Waals surface area contributed by atoms with Crippen LogP contribution in [-0.2, 0) is 11.2 Å².